The molecule has 0 aliphatic carbocycles. The van der Waals surface area contributed by atoms with Crippen molar-refractivity contribution in [2.45, 2.75) is 6.61 Å². The lowest BCUT2D eigenvalue weighted by atomic mass is 10.3. The first-order valence-corrected chi connectivity index (χ1v) is 6.61. The first kappa shape index (κ1) is 14.0. The van der Waals surface area contributed by atoms with Crippen molar-refractivity contribution in [1.82, 2.24) is 4.98 Å². The van der Waals surface area contributed by atoms with Crippen molar-refractivity contribution in [3.63, 3.8) is 0 Å². The van der Waals surface area contributed by atoms with Gasteiger partial charge in [-0.1, -0.05) is 17.7 Å². The van der Waals surface area contributed by atoms with E-state index in [2.05, 4.69) is 20.9 Å². The van der Waals surface area contributed by atoms with Crippen LogP contribution < -0.4 is 15.0 Å². The summed E-state index contributed by atoms with van der Waals surface area (Å²) in [7, 11) is 1.59. The number of nitrogens with one attached hydrogen (secondary N) is 1. The fourth-order valence-corrected chi connectivity index (χ4v) is 2.20. The Bertz CT molecular complexity index is 642. The molecule has 1 N–H and O–H groups in total. The summed E-state index contributed by atoms with van der Waals surface area (Å²) in [5.41, 5.74) is 0.284. The highest BCUT2D eigenvalue weighted by Crippen LogP contribution is 2.22. The van der Waals surface area contributed by atoms with Gasteiger partial charge in [0.15, 0.2) is 0 Å². The third-order valence-electron chi connectivity index (χ3n) is 2.45. The van der Waals surface area contributed by atoms with E-state index in [1.54, 1.807) is 19.2 Å². The zero-order valence-corrected chi connectivity index (χ0v) is 12.4. The number of H-pyrrole nitrogens is 1. The Morgan fingerprint density at radius 1 is 1.32 bits per heavy atom. The van der Waals surface area contributed by atoms with Gasteiger partial charge in [-0.3, -0.25) is 4.79 Å². The molecule has 2 rings (SSSR count). The first-order valence-electron chi connectivity index (χ1n) is 5.44. The van der Waals surface area contributed by atoms with E-state index >= 15 is 0 Å². The van der Waals surface area contributed by atoms with E-state index in [-0.39, 0.29) is 17.2 Å². The Labute approximate surface area is 123 Å². The lowest BCUT2D eigenvalue weighted by molar-refractivity contribution is 0.298. The highest BCUT2D eigenvalue weighted by molar-refractivity contribution is 9.10. The van der Waals surface area contributed by atoms with Gasteiger partial charge in [0, 0.05) is 10.5 Å². The van der Waals surface area contributed by atoms with Crippen LogP contribution in [0, 0.1) is 0 Å². The minimum Gasteiger partial charge on any atom is -0.497 e. The van der Waals surface area contributed by atoms with Crippen LogP contribution in [0.25, 0.3) is 0 Å². The summed E-state index contributed by atoms with van der Waals surface area (Å²) in [6.07, 6.45) is 0. The lowest BCUT2D eigenvalue weighted by Gasteiger charge is -2.09. The summed E-state index contributed by atoms with van der Waals surface area (Å²) in [6.45, 7) is 0.222. The molecule has 4 nitrogen and oxygen atoms in total. The number of rotatable bonds is 4. The van der Waals surface area contributed by atoms with Crippen LogP contribution in [-0.4, -0.2) is 12.1 Å². The van der Waals surface area contributed by atoms with Crippen molar-refractivity contribution in [1.29, 1.82) is 0 Å². The van der Waals surface area contributed by atoms with Gasteiger partial charge in [0.2, 0.25) is 0 Å². The molecule has 0 atom stereocenters. The molecular formula is C13H11BrClNO3. The predicted octanol–water partition coefficient (Wildman–Crippen LogP) is 3.38. The third-order valence-corrected chi connectivity index (χ3v) is 3.44. The van der Waals surface area contributed by atoms with Crippen LogP contribution in [0.5, 0.6) is 11.5 Å². The van der Waals surface area contributed by atoms with Crippen molar-refractivity contribution in [2.75, 3.05) is 7.11 Å². The third kappa shape index (κ3) is 3.52. The quantitative estimate of drug-likeness (QED) is 0.925. The van der Waals surface area contributed by atoms with Crippen LogP contribution in [0.15, 0.2) is 39.6 Å². The number of benzene rings is 1. The Kier molecular flexibility index (Phi) is 4.50. The monoisotopic (exact) mass is 343 g/mol. The molecule has 0 aliphatic heterocycles. The van der Waals surface area contributed by atoms with Crippen LogP contribution >= 0.6 is 27.5 Å². The van der Waals surface area contributed by atoms with Gasteiger partial charge in [0.25, 0.3) is 5.56 Å². The smallest absolute Gasteiger partial charge is 0.267 e. The topological polar surface area (TPSA) is 51.3 Å². The molecule has 1 aromatic carbocycles. The SMILES string of the molecule is COc1cccc(OCc2[nH]c(=O)c(Cl)cc2Br)c1. The summed E-state index contributed by atoms with van der Waals surface area (Å²) in [5, 5.41) is 0.136. The molecule has 0 unspecified atom stereocenters. The van der Waals surface area contributed by atoms with E-state index in [1.807, 2.05) is 18.2 Å². The van der Waals surface area contributed by atoms with E-state index in [4.69, 9.17) is 21.1 Å². The minimum atomic E-state index is -0.339. The van der Waals surface area contributed by atoms with Crippen LogP contribution in [0.2, 0.25) is 5.02 Å². The van der Waals surface area contributed by atoms with Gasteiger partial charge in [-0.2, -0.15) is 0 Å². The molecule has 0 spiro atoms. The predicted molar refractivity (Wildman–Crippen MR) is 77.1 cm³/mol. The number of ether oxygens (including phenoxy) is 2. The first-order chi connectivity index (χ1) is 9.10. The zero-order chi connectivity index (χ0) is 13.8. The minimum absolute atomic E-state index is 0.136. The molecule has 6 heteroatoms. The van der Waals surface area contributed by atoms with Gasteiger partial charge in [-0.25, -0.2) is 0 Å². The average molecular weight is 345 g/mol. The summed E-state index contributed by atoms with van der Waals surface area (Å²) in [6, 6.07) is 8.78. The molecule has 0 bridgehead atoms. The normalized spacial score (nSPS) is 10.3. The van der Waals surface area contributed by atoms with Crippen LogP contribution in [0.1, 0.15) is 5.69 Å². The average Bonchev–Trinajstić information content (AvgIpc) is 2.41. The fourth-order valence-electron chi connectivity index (χ4n) is 1.47. The molecule has 1 aromatic heterocycles. The molecule has 0 amide bonds. The van der Waals surface area contributed by atoms with Gasteiger partial charge in [0.1, 0.15) is 23.1 Å². The zero-order valence-electron chi connectivity index (χ0n) is 10.1. The number of hydrogen-bond acceptors (Lipinski definition) is 3. The lowest BCUT2D eigenvalue weighted by Crippen LogP contribution is -2.11. The second-order valence-corrected chi connectivity index (χ2v) is 5.00. The number of hydrogen-bond donors (Lipinski definition) is 1. The van der Waals surface area contributed by atoms with Crippen LogP contribution in [0.4, 0.5) is 0 Å². The van der Waals surface area contributed by atoms with Crippen molar-refractivity contribution in [2.24, 2.45) is 0 Å². The van der Waals surface area contributed by atoms with Gasteiger partial charge in [-0.15, -0.1) is 0 Å². The van der Waals surface area contributed by atoms with E-state index < -0.39 is 0 Å². The summed E-state index contributed by atoms with van der Waals surface area (Å²) < 4.78 is 11.4. The maximum absolute atomic E-state index is 11.4. The van der Waals surface area contributed by atoms with Crippen LogP contribution in [-0.2, 0) is 6.61 Å². The Balaban J connectivity index is 2.14. The molecular weight excluding hydrogens is 334 g/mol. The second-order valence-electron chi connectivity index (χ2n) is 3.74. The van der Waals surface area contributed by atoms with Crippen molar-refractivity contribution < 1.29 is 9.47 Å². The van der Waals surface area contributed by atoms with Gasteiger partial charge >= 0.3 is 0 Å². The number of aromatic amines is 1. The molecule has 2 aromatic rings. The standard InChI is InChI=1S/C13H11BrClNO3/c1-18-8-3-2-4-9(5-8)19-7-12-10(14)6-11(15)13(17)16-12/h2-6H,7H2,1H3,(H,16,17). The maximum Gasteiger partial charge on any atom is 0.267 e. The molecule has 0 aliphatic rings. The second kappa shape index (κ2) is 6.12. The van der Waals surface area contributed by atoms with Crippen molar-refractivity contribution in [3.05, 3.63) is 55.9 Å². The van der Waals surface area contributed by atoms with Crippen molar-refractivity contribution >= 4 is 27.5 Å². The maximum atomic E-state index is 11.4. The molecule has 100 valence electrons. The van der Waals surface area contributed by atoms with E-state index in [0.717, 1.165) is 0 Å². The Morgan fingerprint density at radius 3 is 2.79 bits per heavy atom. The molecule has 0 saturated heterocycles. The van der Waals surface area contributed by atoms with Crippen LogP contribution in [0.3, 0.4) is 0 Å². The summed E-state index contributed by atoms with van der Waals surface area (Å²) in [5.74, 6) is 1.36. The Morgan fingerprint density at radius 2 is 2.05 bits per heavy atom. The molecule has 1 heterocycles. The summed E-state index contributed by atoms with van der Waals surface area (Å²) in [4.78, 5) is 14.1. The molecule has 0 saturated carbocycles. The van der Waals surface area contributed by atoms with Crippen molar-refractivity contribution in [3.8, 4) is 11.5 Å². The largest absolute Gasteiger partial charge is 0.497 e. The van der Waals surface area contributed by atoms with Gasteiger partial charge in [0.05, 0.1) is 12.8 Å². The number of pyridine rings is 1. The van der Waals surface area contributed by atoms with E-state index in [9.17, 15) is 4.79 Å². The number of methoxy groups -OCH3 is 1. The Hall–Kier alpha value is -1.46. The molecule has 0 fully saturated rings. The van der Waals surface area contributed by atoms with Gasteiger partial charge in [-0.05, 0) is 34.1 Å². The summed E-state index contributed by atoms with van der Waals surface area (Å²) >= 11 is 9.04. The molecule has 0 radical (unpaired) electrons. The van der Waals surface area contributed by atoms with E-state index in [1.165, 1.54) is 0 Å². The number of halogens is 2. The molecule has 19 heavy (non-hydrogen) atoms. The van der Waals surface area contributed by atoms with Gasteiger partial charge < -0.3 is 14.5 Å². The number of aromatic nitrogens is 1. The highest BCUT2D eigenvalue weighted by Gasteiger charge is 2.06. The highest BCUT2D eigenvalue weighted by atomic mass is 79.9. The van der Waals surface area contributed by atoms with E-state index in [0.29, 0.717) is 21.7 Å². The fraction of sp³-hybridized carbons (Fsp3) is 0.154.